The Labute approximate surface area is 51.6 Å². The van der Waals surface area contributed by atoms with Crippen LogP contribution in [0.15, 0.2) is 12.2 Å². The van der Waals surface area contributed by atoms with Gasteiger partial charge in [-0.25, -0.2) is 0 Å². The van der Waals surface area contributed by atoms with Gasteiger partial charge in [-0.1, -0.05) is 19.1 Å². The van der Waals surface area contributed by atoms with Crippen molar-refractivity contribution in [2.75, 3.05) is 0 Å². The molecule has 1 radical (unpaired) electrons. The number of hydrogen-bond acceptors (Lipinski definition) is 0. The molecule has 0 aromatic heterocycles. The van der Waals surface area contributed by atoms with Gasteiger partial charge in [-0.2, -0.15) is 0 Å². The monoisotopic (exact) mass is 109 g/mol. The lowest BCUT2D eigenvalue weighted by atomic mass is 10.0. The molecule has 0 heteroatoms. The molecule has 0 saturated carbocycles. The van der Waals surface area contributed by atoms with Crippen molar-refractivity contribution < 1.29 is 0 Å². The Morgan fingerprint density at radius 3 is 3.12 bits per heavy atom. The third kappa shape index (κ3) is 1.36. The summed E-state index contributed by atoms with van der Waals surface area (Å²) in [5, 5.41) is 0. The Bertz CT molecular complexity index is 82.0. The minimum atomic E-state index is 0.875. The molecule has 1 aliphatic carbocycles. The van der Waals surface area contributed by atoms with E-state index in [4.69, 9.17) is 0 Å². The highest BCUT2D eigenvalue weighted by atomic mass is 14.1. The van der Waals surface area contributed by atoms with Gasteiger partial charge in [-0.3, -0.25) is 0 Å². The van der Waals surface area contributed by atoms with Crippen LogP contribution in [-0.2, 0) is 0 Å². The van der Waals surface area contributed by atoms with Crippen LogP contribution in [0.25, 0.3) is 0 Å². The van der Waals surface area contributed by atoms with Crippen LogP contribution in [0.1, 0.15) is 26.2 Å². The third-order valence-corrected chi connectivity index (χ3v) is 1.65. The lowest BCUT2D eigenvalue weighted by Crippen LogP contribution is -1.88. The van der Waals surface area contributed by atoms with E-state index in [2.05, 4.69) is 25.5 Å². The van der Waals surface area contributed by atoms with Crippen LogP contribution in [0.3, 0.4) is 0 Å². The molecule has 0 aromatic rings. The minimum absolute atomic E-state index is 0.875. The van der Waals surface area contributed by atoms with Crippen LogP contribution in [0.2, 0.25) is 0 Å². The van der Waals surface area contributed by atoms with E-state index in [0.29, 0.717) is 0 Å². The Kier molecular flexibility index (Phi) is 2.13. The van der Waals surface area contributed by atoms with Crippen molar-refractivity contribution in [1.29, 1.82) is 0 Å². The highest BCUT2D eigenvalue weighted by Gasteiger charge is 2.05. The van der Waals surface area contributed by atoms with Gasteiger partial charge in [-0.05, 0) is 31.6 Å². The summed E-state index contributed by atoms with van der Waals surface area (Å²) in [6, 6.07) is 0. The molecular weight excluding hydrogens is 96.1 g/mol. The highest BCUT2D eigenvalue weighted by molar-refractivity contribution is 4.97. The van der Waals surface area contributed by atoms with E-state index < -0.39 is 0 Å². The van der Waals surface area contributed by atoms with Gasteiger partial charge in [0.15, 0.2) is 0 Å². The average Bonchev–Trinajstić information content (AvgIpc) is 2.19. The molecule has 0 fully saturated rings. The van der Waals surface area contributed by atoms with Crippen molar-refractivity contribution in [2.45, 2.75) is 26.2 Å². The molecule has 0 N–H and O–H groups in total. The van der Waals surface area contributed by atoms with E-state index in [9.17, 15) is 0 Å². The van der Waals surface area contributed by atoms with Crippen molar-refractivity contribution in [2.24, 2.45) is 5.92 Å². The fourth-order valence-electron chi connectivity index (χ4n) is 1.19. The zero-order valence-corrected chi connectivity index (χ0v) is 5.43. The van der Waals surface area contributed by atoms with E-state index in [-0.39, 0.29) is 0 Å². The molecule has 0 bridgehead atoms. The maximum absolute atomic E-state index is 2.33. The molecule has 0 aromatic carbocycles. The van der Waals surface area contributed by atoms with Crippen LogP contribution in [0.4, 0.5) is 0 Å². The fourth-order valence-corrected chi connectivity index (χ4v) is 1.19. The minimum Gasteiger partial charge on any atom is -0.0882 e. The molecule has 0 heterocycles. The molecule has 1 aliphatic rings. The van der Waals surface area contributed by atoms with Crippen molar-refractivity contribution in [3.8, 4) is 0 Å². The predicted octanol–water partition coefficient (Wildman–Crippen LogP) is 2.57. The van der Waals surface area contributed by atoms with Gasteiger partial charge in [0.25, 0.3) is 0 Å². The summed E-state index contributed by atoms with van der Waals surface area (Å²) < 4.78 is 0. The summed E-state index contributed by atoms with van der Waals surface area (Å²) in [6.07, 6.45) is 10.8. The van der Waals surface area contributed by atoms with E-state index in [1.165, 1.54) is 19.3 Å². The van der Waals surface area contributed by atoms with E-state index in [1.807, 2.05) is 0 Å². The van der Waals surface area contributed by atoms with Crippen LogP contribution in [-0.4, -0.2) is 0 Å². The molecule has 1 unspecified atom stereocenters. The molecule has 0 nitrogen and oxygen atoms in total. The van der Waals surface area contributed by atoms with E-state index in [1.54, 1.807) is 0 Å². The summed E-state index contributed by atoms with van der Waals surface area (Å²) in [6.45, 7) is 2.13. The van der Waals surface area contributed by atoms with Crippen molar-refractivity contribution in [1.82, 2.24) is 0 Å². The van der Waals surface area contributed by atoms with Crippen molar-refractivity contribution >= 4 is 0 Å². The van der Waals surface area contributed by atoms with Gasteiger partial charge in [0.05, 0.1) is 0 Å². The largest absolute Gasteiger partial charge is 0.0882 e. The van der Waals surface area contributed by atoms with Crippen LogP contribution in [0, 0.1) is 12.3 Å². The maximum atomic E-state index is 2.33. The SMILES string of the molecule is C[CH]CC1C=CCC1. The van der Waals surface area contributed by atoms with Crippen LogP contribution in [0.5, 0.6) is 0 Å². The second kappa shape index (κ2) is 2.91. The quantitative estimate of drug-likeness (QED) is 0.478. The van der Waals surface area contributed by atoms with Gasteiger partial charge in [0.1, 0.15) is 0 Å². The van der Waals surface area contributed by atoms with E-state index >= 15 is 0 Å². The summed E-state index contributed by atoms with van der Waals surface area (Å²) in [5.74, 6) is 0.875. The summed E-state index contributed by atoms with van der Waals surface area (Å²) in [5.41, 5.74) is 0. The fraction of sp³-hybridized carbons (Fsp3) is 0.625. The van der Waals surface area contributed by atoms with Gasteiger partial charge in [0, 0.05) is 0 Å². The number of hydrogen-bond donors (Lipinski definition) is 0. The first-order valence-corrected chi connectivity index (χ1v) is 3.38. The maximum Gasteiger partial charge on any atom is -0.0228 e. The zero-order chi connectivity index (χ0) is 5.82. The molecule has 1 rings (SSSR count). The zero-order valence-electron chi connectivity index (χ0n) is 5.43. The summed E-state index contributed by atoms with van der Waals surface area (Å²) >= 11 is 0. The van der Waals surface area contributed by atoms with Crippen molar-refractivity contribution in [3.05, 3.63) is 18.6 Å². The normalized spacial score (nSPS) is 26.9. The number of rotatable bonds is 2. The topological polar surface area (TPSA) is 0 Å². The average molecular weight is 109 g/mol. The lowest BCUT2D eigenvalue weighted by molar-refractivity contribution is 0.623. The van der Waals surface area contributed by atoms with Gasteiger partial charge in [-0.15, -0.1) is 0 Å². The molecule has 0 spiro atoms. The second-order valence-electron chi connectivity index (χ2n) is 2.41. The Morgan fingerprint density at radius 1 is 1.75 bits per heavy atom. The standard InChI is InChI=1S/C8H13/c1-2-5-8-6-3-4-7-8/h2-3,6,8H,4-5,7H2,1H3. The Balaban J connectivity index is 2.16. The third-order valence-electron chi connectivity index (χ3n) is 1.65. The molecule has 0 aliphatic heterocycles. The number of allylic oxidation sites excluding steroid dienone is 2. The van der Waals surface area contributed by atoms with Crippen molar-refractivity contribution in [3.63, 3.8) is 0 Å². The molecule has 0 saturated heterocycles. The second-order valence-corrected chi connectivity index (χ2v) is 2.41. The predicted molar refractivity (Wildman–Crippen MR) is 36.5 cm³/mol. The molecule has 1 atom stereocenters. The highest BCUT2D eigenvalue weighted by Crippen LogP contribution is 2.20. The molecule has 8 heavy (non-hydrogen) atoms. The lowest BCUT2D eigenvalue weighted by Gasteiger charge is -2.01. The van der Waals surface area contributed by atoms with Crippen LogP contribution < -0.4 is 0 Å². The van der Waals surface area contributed by atoms with Crippen LogP contribution >= 0.6 is 0 Å². The summed E-state index contributed by atoms with van der Waals surface area (Å²) in [7, 11) is 0. The smallest absolute Gasteiger partial charge is 0.0228 e. The molecule has 0 amide bonds. The van der Waals surface area contributed by atoms with E-state index in [0.717, 1.165) is 5.92 Å². The summed E-state index contributed by atoms with van der Waals surface area (Å²) in [4.78, 5) is 0. The first kappa shape index (κ1) is 5.87. The van der Waals surface area contributed by atoms with Gasteiger partial charge >= 0.3 is 0 Å². The van der Waals surface area contributed by atoms with Gasteiger partial charge in [0.2, 0.25) is 0 Å². The Morgan fingerprint density at radius 2 is 2.62 bits per heavy atom. The van der Waals surface area contributed by atoms with Gasteiger partial charge < -0.3 is 0 Å². The first-order chi connectivity index (χ1) is 3.93. The Hall–Kier alpha value is -0.260. The molecule has 45 valence electrons. The molecular formula is C8H13. The first-order valence-electron chi connectivity index (χ1n) is 3.38.